The molecular weight excluding hydrogens is 190 g/mol. The lowest BCUT2D eigenvalue weighted by molar-refractivity contribution is 0.229. The Kier molecular flexibility index (Phi) is 3.66. The fourth-order valence-corrected chi connectivity index (χ4v) is 1.21. The lowest BCUT2D eigenvalue weighted by Gasteiger charge is -2.09. The van der Waals surface area contributed by atoms with Gasteiger partial charge in [0.25, 0.3) is 0 Å². The van der Waals surface area contributed by atoms with Gasteiger partial charge in [-0.3, -0.25) is 5.32 Å². The average molecular weight is 201 g/mol. The summed E-state index contributed by atoms with van der Waals surface area (Å²) in [5.74, 6) is 0. The van der Waals surface area contributed by atoms with Crippen LogP contribution >= 0.6 is 11.3 Å². The molecule has 13 heavy (non-hydrogen) atoms. The van der Waals surface area contributed by atoms with Crippen LogP contribution in [-0.4, -0.2) is 28.8 Å². The minimum absolute atomic E-state index is 0.0781. The van der Waals surface area contributed by atoms with Gasteiger partial charge in [0.05, 0.1) is 12.6 Å². The van der Waals surface area contributed by atoms with E-state index in [9.17, 15) is 4.79 Å². The van der Waals surface area contributed by atoms with Gasteiger partial charge in [0.2, 0.25) is 0 Å². The number of aliphatic hydroxyl groups excluding tert-OH is 1. The van der Waals surface area contributed by atoms with Crippen LogP contribution in [0.25, 0.3) is 0 Å². The highest BCUT2D eigenvalue weighted by molar-refractivity contribution is 7.13. The van der Waals surface area contributed by atoms with Gasteiger partial charge in [-0.25, -0.2) is 9.78 Å². The maximum atomic E-state index is 11.1. The summed E-state index contributed by atoms with van der Waals surface area (Å²) in [6.45, 7) is 1.63. The third-order valence-corrected chi connectivity index (χ3v) is 1.99. The largest absolute Gasteiger partial charge is 0.394 e. The Morgan fingerprint density at radius 1 is 1.85 bits per heavy atom. The fourth-order valence-electron chi connectivity index (χ4n) is 0.688. The molecule has 0 aliphatic heterocycles. The van der Waals surface area contributed by atoms with Crippen LogP contribution in [0.2, 0.25) is 0 Å². The second-order valence-corrected chi connectivity index (χ2v) is 3.41. The number of hydrogen-bond donors (Lipinski definition) is 3. The van der Waals surface area contributed by atoms with Crippen LogP contribution in [0.5, 0.6) is 0 Å². The summed E-state index contributed by atoms with van der Waals surface area (Å²) in [5, 5.41) is 16.0. The summed E-state index contributed by atoms with van der Waals surface area (Å²) in [7, 11) is 0. The number of carbonyl (C=O) groups is 1. The highest BCUT2D eigenvalue weighted by Crippen LogP contribution is 2.09. The molecule has 0 aromatic carbocycles. The van der Waals surface area contributed by atoms with E-state index in [0.717, 1.165) is 0 Å². The SMILES string of the molecule is CC(CO)NC(=O)Nc1nccs1. The number of aromatic nitrogens is 1. The summed E-state index contributed by atoms with van der Waals surface area (Å²) in [6, 6.07) is -0.600. The molecule has 0 saturated heterocycles. The highest BCUT2D eigenvalue weighted by Gasteiger charge is 2.06. The van der Waals surface area contributed by atoms with Gasteiger partial charge in [-0.2, -0.15) is 0 Å². The van der Waals surface area contributed by atoms with E-state index in [1.165, 1.54) is 11.3 Å². The molecule has 0 spiro atoms. The number of carbonyl (C=O) groups excluding carboxylic acids is 1. The van der Waals surface area contributed by atoms with Crippen molar-refractivity contribution in [2.75, 3.05) is 11.9 Å². The Balaban J connectivity index is 2.34. The van der Waals surface area contributed by atoms with Crippen molar-refractivity contribution in [3.05, 3.63) is 11.6 Å². The van der Waals surface area contributed by atoms with Gasteiger partial charge in [-0.05, 0) is 6.92 Å². The Hall–Kier alpha value is -1.14. The topological polar surface area (TPSA) is 74.2 Å². The monoisotopic (exact) mass is 201 g/mol. The minimum atomic E-state index is -0.350. The minimum Gasteiger partial charge on any atom is -0.394 e. The van der Waals surface area contributed by atoms with E-state index < -0.39 is 0 Å². The fraction of sp³-hybridized carbons (Fsp3) is 0.429. The van der Waals surface area contributed by atoms with E-state index >= 15 is 0 Å². The number of nitrogens with zero attached hydrogens (tertiary/aromatic N) is 1. The zero-order chi connectivity index (χ0) is 9.68. The molecule has 3 N–H and O–H groups in total. The van der Waals surface area contributed by atoms with E-state index in [-0.39, 0.29) is 18.7 Å². The maximum absolute atomic E-state index is 11.1. The Bertz CT molecular complexity index is 263. The van der Waals surface area contributed by atoms with Crippen LogP contribution in [0.4, 0.5) is 9.93 Å². The smallest absolute Gasteiger partial charge is 0.321 e. The summed E-state index contributed by atoms with van der Waals surface area (Å²) >= 11 is 1.34. The highest BCUT2D eigenvalue weighted by atomic mass is 32.1. The molecule has 0 aliphatic rings. The number of anilines is 1. The molecule has 1 aromatic heterocycles. The first kappa shape index (κ1) is 9.94. The zero-order valence-electron chi connectivity index (χ0n) is 7.15. The molecule has 0 bridgehead atoms. The second-order valence-electron chi connectivity index (χ2n) is 2.52. The van der Waals surface area contributed by atoms with Crippen molar-refractivity contribution < 1.29 is 9.90 Å². The van der Waals surface area contributed by atoms with E-state index in [1.807, 2.05) is 0 Å². The quantitative estimate of drug-likeness (QED) is 0.672. The molecule has 0 aliphatic carbocycles. The average Bonchev–Trinajstić information content (AvgIpc) is 2.56. The van der Waals surface area contributed by atoms with E-state index in [1.54, 1.807) is 18.5 Å². The molecule has 1 heterocycles. The number of urea groups is 1. The first-order chi connectivity index (χ1) is 6.22. The molecule has 5 nitrogen and oxygen atoms in total. The second kappa shape index (κ2) is 4.78. The van der Waals surface area contributed by atoms with Gasteiger partial charge in [-0.1, -0.05) is 0 Å². The third-order valence-electron chi connectivity index (χ3n) is 1.30. The van der Waals surface area contributed by atoms with E-state index in [0.29, 0.717) is 5.13 Å². The van der Waals surface area contributed by atoms with Gasteiger partial charge >= 0.3 is 6.03 Å². The lowest BCUT2D eigenvalue weighted by atomic mass is 10.4. The molecule has 0 fully saturated rings. The maximum Gasteiger partial charge on any atom is 0.321 e. The molecule has 0 radical (unpaired) electrons. The molecule has 1 aromatic rings. The number of amides is 2. The first-order valence-electron chi connectivity index (χ1n) is 3.80. The van der Waals surface area contributed by atoms with Gasteiger partial charge in [-0.15, -0.1) is 11.3 Å². The number of rotatable bonds is 3. The van der Waals surface area contributed by atoms with E-state index in [4.69, 9.17) is 5.11 Å². The summed E-state index contributed by atoms with van der Waals surface area (Å²) in [6.07, 6.45) is 1.61. The molecule has 0 saturated carbocycles. The number of hydrogen-bond acceptors (Lipinski definition) is 4. The van der Waals surface area contributed by atoms with Gasteiger partial charge < -0.3 is 10.4 Å². The van der Waals surface area contributed by atoms with Crippen molar-refractivity contribution in [1.82, 2.24) is 10.3 Å². The van der Waals surface area contributed by atoms with Crippen molar-refractivity contribution in [3.63, 3.8) is 0 Å². The van der Waals surface area contributed by atoms with Crippen LogP contribution in [-0.2, 0) is 0 Å². The Morgan fingerprint density at radius 3 is 3.15 bits per heavy atom. The summed E-state index contributed by atoms with van der Waals surface area (Å²) < 4.78 is 0. The summed E-state index contributed by atoms with van der Waals surface area (Å²) in [5.41, 5.74) is 0. The van der Waals surface area contributed by atoms with E-state index in [2.05, 4.69) is 15.6 Å². The number of aliphatic hydroxyl groups is 1. The molecule has 72 valence electrons. The van der Waals surface area contributed by atoms with Crippen molar-refractivity contribution in [1.29, 1.82) is 0 Å². The molecule has 2 amide bonds. The predicted molar refractivity (Wildman–Crippen MR) is 50.8 cm³/mol. The van der Waals surface area contributed by atoms with Gasteiger partial charge in [0.1, 0.15) is 0 Å². The first-order valence-corrected chi connectivity index (χ1v) is 4.68. The Morgan fingerprint density at radius 2 is 2.62 bits per heavy atom. The van der Waals surface area contributed by atoms with Crippen LogP contribution in [0.1, 0.15) is 6.92 Å². The van der Waals surface area contributed by atoms with Crippen molar-refractivity contribution in [2.45, 2.75) is 13.0 Å². The zero-order valence-corrected chi connectivity index (χ0v) is 7.97. The van der Waals surface area contributed by atoms with Crippen molar-refractivity contribution in [3.8, 4) is 0 Å². The molecule has 1 rings (SSSR count). The van der Waals surface area contributed by atoms with Gasteiger partial charge in [0.15, 0.2) is 5.13 Å². The lowest BCUT2D eigenvalue weighted by Crippen LogP contribution is -2.38. The predicted octanol–water partition coefficient (Wildman–Crippen LogP) is 0.645. The molecule has 1 unspecified atom stereocenters. The standard InChI is InChI=1S/C7H11N3O2S/c1-5(4-11)9-6(12)10-7-8-2-3-13-7/h2-3,5,11H,4H2,1H3,(H2,8,9,10,12). The molecule has 6 heteroatoms. The van der Waals surface area contributed by atoms with Crippen molar-refractivity contribution in [2.24, 2.45) is 0 Å². The van der Waals surface area contributed by atoms with Crippen LogP contribution < -0.4 is 10.6 Å². The van der Waals surface area contributed by atoms with Crippen LogP contribution in [0, 0.1) is 0 Å². The van der Waals surface area contributed by atoms with Crippen LogP contribution in [0.15, 0.2) is 11.6 Å². The number of thiazole rings is 1. The number of nitrogens with one attached hydrogen (secondary N) is 2. The van der Waals surface area contributed by atoms with Gasteiger partial charge in [0, 0.05) is 11.6 Å². The summed E-state index contributed by atoms with van der Waals surface area (Å²) in [4.78, 5) is 15.0. The Labute approximate surface area is 79.8 Å². The normalized spacial score (nSPS) is 12.2. The molecular formula is C7H11N3O2S. The van der Waals surface area contributed by atoms with Crippen molar-refractivity contribution >= 4 is 22.5 Å². The van der Waals surface area contributed by atoms with Crippen LogP contribution in [0.3, 0.4) is 0 Å². The third kappa shape index (κ3) is 3.39. The molecule has 1 atom stereocenters.